The van der Waals surface area contributed by atoms with Crippen molar-refractivity contribution < 1.29 is 9.53 Å². The van der Waals surface area contributed by atoms with E-state index in [9.17, 15) is 4.79 Å². The largest absolute Gasteiger partial charge is 0.481 e. The molecule has 98 valence electrons. The molecule has 0 aliphatic heterocycles. The van der Waals surface area contributed by atoms with Gasteiger partial charge in [0.05, 0.1) is 12.7 Å². The Morgan fingerprint density at radius 2 is 2.05 bits per heavy atom. The molecule has 2 rings (SSSR count). The Hall–Kier alpha value is -1.40. The van der Waals surface area contributed by atoms with Gasteiger partial charge in [-0.2, -0.15) is 0 Å². The standard InChI is InChI=1S/C13H10Br2N2O2/c1-19-12-7-9(4-5-16-12)17-13(18)10-6-8(14)2-3-11(10)15/h2-7H,1H3,(H,16,17,18). The molecule has 0 saturated carbocycles. The van der Waals surface area contributed by atoms with Crippen LogP contribution in [-0.2, 0) is 0 Å². The SMILES string of the molecule is COc1cc(NC(=O)c2cc(Br)ccc2Br)ccn1. The van der Waals surface area contributed by atoms with Crippen molar-refractivity contribution >= 4 is 43.5 Å². The van der Waals surface area contributed by atoms with Crippen molar-refractivity contribution in [1.82, 2.24) is 4.98 Å². The Morgan fingerprint density at radius 1 is 1.26 bits per heavy atom. The molecule has 0 bridgehead atoms. The molecular formula is C13H10Br2N2O2. The number of carbonyl (C=O) groups is 1. The third kappa shape index (κ3) is 3.54. The molecule has 0 saturated heterocycles. The average Bonchev–Trinajstić information content (AvgIpc) is 2.41. The van der Waals surface area contributed by atoms with E-state index in [0.29, 0.717) is 17.1 Å². The lowest BCUT2D eigenvalue weighted by Crippen LogP contribution is -2.12. The van der Waals surface area contributed by atoms with Crippen molar-refractivity contribution in [3.63, 3.8) is 0 Å². The minimum Gasteiger partial charge on any atom is -0.481 e. The fourth-order valence-corrected chi connectivity index (χ4v) is 2.26. The second-order valence-electron chi connectivity index (χ2n) is 3.67. The first-order chi connectivity index (χ1) is 9.10. The zero-order valence-electron chi connectivity index (χ0n) is 9.98. The van der Waals surface area contributed by atoms with Gasteiger partial charge in [0.25, 0.3) is 5.91 Å². The molecule has 4 nitrogen and oxygen atoms in total. The van der Waals surface area contributed by atoms with Crippen molar-refractivity contribution in [1.29, 1.82) is 0 Å². The van der Waals surface area contributed by atoms with Crippen LogP contribution in [0.1, 0.15) is 10.4 Å². The number of hydrogen-bond acceptors (Lipinski definition) is 3. The molecular weight excluding hydrogens is 376 g/mol. The highest BCUT2D eigenvalue weighted by molar-refractivity contribution is 9.11. The first-order valence-corrected chi connectivity index (χ1v) is 6.95. The Labute approximate surface area is 127 Å². The summed E-state index contributed by atoms with van der Waals surface area (Å²) in [6, 6.07) is 8.77. The van der Waals surface area contributed by atoms with Gasteiger partial charge in [0.1, 0.15) is 0 Å². The maximum atomic E-state index is 12.2. The van der Waals surface area contributed by atoms with Crippen molar-refractivity contribution in [3.8, 4) is 5.88 Å². The lowest BCUT2D eigenvalue weighted by Gasteiger charge is -2.08. The summed E-state index contributed by atoms with van der Waals surface area (Å²) in [5.41, 5.74) is 1.17. The van der Waals surface area contributed by atoms with Crippen molar-refractivity contribution in [2.24, 2.45) is 0 Å². The van der Waals surface area contributed by atoms with Gasteiger partial charge >= 0.3 is 0 Å². The molecule has 1 amide bonds. The number of hydrogen-bond donors (Lipinski definition) is 1. The average molecular weight is 386 g/mol. The normalized spacial score (nSPS) is 10.1. The lowest BCUT2D eigenvalue weighted by molar-refractivity contribution is 0.102. The topological polar surface area (TPSA) is 51.2 Å². The van der Waals surface area contributed by atoms with E-state index in [4.69, 9.17) is 4.74 Å². The van der Waals surface area contributed by atoms with Gasteiger partial charge in [-0.3, -0.25) is 4.79 Å². The van der Waals surface area contributed by atoms with Crippen molar-refractivity contribution in [2.45, 2.75) is 0 Å². The van der Waals surface area contributed by atoms with Gasteiger partial charge in [-0.15, -0.1) is 0 Å². The number of nitrogens with zero attached hydrogens (tertiary/aromatic N) is 1. The summed E-state index contributed by atoms with van der Waals surface area (Å²) in [5, 5.41) is 2.79. The molecule has 0 unspecified atom stereocenters. The molecule has 2 aromatic rings. The van der Waals surface area contributed by atoms with E-state index in [1.54, 1.807) is 24.4 Å². The predicted molar refractivity (Wildman–Crippen MR) is 80.6 cm³/mol. The highest BCUT2D eigenvalue weighted by atomic mass is 79.9. The fourth-order valence-electron chi connectivity index (χ4n) is 1.47. The van der Waals surface area contributed by atoms with Crippen LogP contribution in [0.3, 0.4) is 0 Å². The monoisotopic (exact) mass is 384 g/mol. The summed E-state index contributed by atoms with van der Waals surface area (Å²) >= 11 is 6.70. The molecule has 1 heterocycles. The Bertz CT molecular complexity index is 617. The zero-order valence-corrected chi connectivity index (χ0v) is 13.2. The fraction of sp³-hybridized carbons (Fsp3) is 0.0769. The zero-order chi connectivity index (χ0) is 13.8. The Kier molecular flexibility index (Phi) is 4.55. The third-order valence-corrected chi connectivity index (χ3v) is 3.56. The molecule has 0 radical (unpaired) electrons. The number of amides is 1. The molecule has 6 heteroatoms. The van der Waals surface area contributed by atoms with Gasteiger partial charge in [-0.05, 0) is 40.2 Å². The van der Waals surface area contributed by atoms with Gasteiger partial charge in [-0.25, -0.2) is 4.98 Å². The Balaban J connectivity index is 2.23. The van der Waals surface area contributed by atoms with Crippen LogP contribution in [0.4, 0.5) is 5.69 Å². The van der Waals surface area contributed by atoms with Crippen LogP contribution in [0.2, 0.25) is 0 Å². The van der Waals surface area contributed by atoms with E-state index in [1.165, 1.54) is 7.11 Å². The van der Waals surface area contributed by atoms with Gasteiger partial charge < -0.3 is 10.1 Å². The van der Waals surface area contributed by atoms with Crippen molar-refractivity contribution in [3.05, 3.63) is 51.0 Å². The van der Waals surface area contributed by atoms with Crippen LogP contribution < -0.4 is 10.1 Å². The van der Waals surface area contributed by atoms with E-state index in [0.717, 1.165) is 8.95 Å². The third-order valence-electron chi connectivity index (χ3n) is 2.37. The lowest BCUT2D eigenvalue weighted by atomic mass is 10.2. The molecule has 19 heavy (non-hydrogen) atoms. The minimum absolute atomic E-state index is 0.207. The van der Waals surface area contributed by atoms with Gasteiger partial charge in [0.2, 0.25) is 5.88 Å². The molecule has 1 aromatic carbocycles. The molecule has 0 aliphatic rings. The van der Waals surface area contributed by atoms with Gasteiger partial charge in [0.15, 0.2) is 0 Å². The van der Waals surface area contributed by atoms with E-state index in [1.807, 2.05) is 12.1 Å². The summed E-state index contributed by atoms with van der Waals surface area (Å²) in [6.07, 6.45) is 1.57. The van der Waals surface area contributed by atoms with E-state index in [-0.39, 0.29) is 5.91 Å². The second-order valence-corrected chi connectivity index (χ2v) is 5.44. The summed E-state index contributed by atoms with van der Waals surface area (Å²) in [5.74, 6) is 0.243. The highest BCUT2D eigenvalue weighted by Crippen LogP contribution is 2.23. The van der Waals surface area contributed by atoms with Crippen LogP contribution in [0.25, 0.3) is 0 Å². The minimum atomic E-state index is -0.207. The van der Waals surface area contributed by atoms with E-state index in [2.05, 4.69) is 42.2 Å². The molecule has 0 aliphatic carbocycles. The predicted octanol–water partition coefficient (Wildman–Crippen LogP) is 3.87. The number of halogens is 2. The molecule has 1 N–H and O–H groups in total. The number of nitrogens with one attached hydrogen (secondary N) is 1. The molecule has 0 fully saturated rings. The Morgan fingerprint density at radius 3 is 2.79 bits per heavy atom. The van der Waals surface area contributed by atoms with E-state index < -0.39 is 0 Å². The number of carbonyl (C=O) groups excluding carboxylic acids is 1. The van der Waals surface area contributed by atoms with Crippen LogP contribution in [-0.4, -0.2) is 18.0 Å². The quantitative estimate of drug-likeness (QED) is 0.872. The molecule has 0 spiro atoms. The van der Waals surface area contributed by atoms with Gasteiger partial charge in [-0.1, -0.05) is 15.9 Å². The van der Waals surface area contributed by atoms with Crippen molar-refractivity contribution in [2.75, 3.05) is 12.4 Å². The second kappa shape index (κ2) is 6.16. The first kappa shape index (κ1) is 14.0. The smallest absolute Gasteiger partial charge is 0.256 e. The van der Waals surface area contributed by atoms with Crippen LogP contribution in [0, 0.1) is 0 Å². The number of ether oxygens (including phenoxy) is 1. The maximum absolute atomic E-state index is 12.2. The first-order valence-electron chi connectivity index (χ1n) is 5.36. The van der Waals surface area contributed by atoms with Gasteiger partial charge in [0, 0.05) is 26.9 Å². The maximum Gasteiger partial charge on any atom is 0.256 e. The summed E-state index contributed by atoms with van der Waals surface area (Å²) in [6.45, 7) is 0. The summed E-state index contributed by atoms with van der Waals surface area (Å²) in [4.78, 5) is 16.1. The summed E-state index contributed by atoms with van der Waals surface area (Å²) < 4.78 is 6.58. The number of anilines is 1. The van der Waals surface area contributed by atoms with Crippen LogP contribution >= 0.6 is 31.9 Å². The number of methoxy groups -OCH3 is 1. The van der Waals surface area contributed by atoms with Crippen LogP contribution in [0.5, 0.6) is 5.88 Å². The number of aromatic nitrogens is 1. The summed E-state index contributed by atoms with van der Waals surface area (Å²) in [7, 11) is 1.53. The number of benzene rings is 1. The van der Waals surface area contributed by atoms with Crippen LogP contribution in [0.15, 0.2) is 45.5 Å². The molecule has 0 atom stereocenters. The molecule has 1 aromatic heterocycles. The number of rotatable bonds is 3. The highest BCUT2D eigenvalue weighted by Gasteiger charge is 2.11. The van der Waals surface area contributed by atoms with E-state index >= 15 is 0 Å². The number of pyridine rings is 1.